The summed E-state index contributed by atoms with van der Waals surface area (Å²) in [6.45, 7) is 3.91. The van der Waals surface area contributed by atoms with Crippen molar-refractivity contribution in [1.29, 1.82) is 0 Å². The van der Waals surface area contributed by atoms with E-state index in [2.05, 4.69) is 0 Å². The van der Waals surface area contributed by atoms with Crippen molar-refractivity contribution in [1.82, 2.24) is 4.31 Å². The lowest BCUT2D eigenvalue weighted by atomic mass is 10.0. The van der Waals surface area contributed by atoms with Crippen LogP contribution in [0, 0.1) is 5.82 Å². The molecule has 0 radical (unpaired) electrons. The summed E-state index contributed by atoms with van der Waals surface area (Å²) in [4.78, 5) is -0.0649. The molecule has 0 aliphatic carbocycles. The molecule has 2 aliphatic rings. The van der Waals surface area contributed by atoms with Crippen molar-refractivity contribution in [3.63, 3.8) is 0 Å². The molecule has 2 saturated heterocycles. The average Bonchev–Trinajstić information content (AvgIpc) is 2.58. The Hall–Kier alpha value is -1.22. The van der Waals surface area contributed by atoms with Crippen LogP contribution in [-0.2, 0) is 19.5 Å². The molecule has 2 fully saturated rings. The van der Waals surface area contributed by atoms with Crippen LogP contribution in [0.1, 0.15) is 26.2 Å². The van der Waals surface area contributed by atoms with E-state index in [0.717, 1.165) is 12.5 Å². The molecule has 0 atom stereocenters. The summed E-state index contributed by atoms with van der Waals surface area (Å²) in [6.07, 6.45) is 1.81. The molecule has 1 spiro atoms. The van der Waals surface area contributed by atoms with Crippen LogP contribution in [0.15, 0.2) is 23.1 Å². The van der Waals surface area contributed by atoms with E-state index in [4.69, 9.17) is 14.2 Å². The maximum Gasteiger partial charge on any atom is 0.243 e. The molecule has 2 heterocycles. The second-order valence-corrected chi connectivity index (χ2v) is 7.83. The molecule has 1 aromatic rings. The number of hydrogen-bond acceptors (Lipinski definition) is 5. The molecule has 0 saturated carbocycles. The molecule has 24 heavy (non-hydrogen) atoms. The van der Waals surface area contributed by atoms with Gasteiger partial charge in [-0.3, -0.25) is 0 Å². The molecule has 1 aromatic carbocycles. The van der Waals surface area contributed by atoms with Crippen molar-refractivity contribution in [2.45, 2.75) is 36.9 Å². The zero-order valence-corrected chi connectivity index (χ0v) is 14.5. The zero-order valence-electron chi connectivity index (χ0n) is 13.7. The molecule has 134 valence electrons. The van der Waals surface area contributed by atoms with Gasteiger partial charge in [-0.2, -0.15) is 4.31 Å². The summed E-state index contributed by atoms with van der Waals surface area (Å²) in [5.41, 5.74) is 0. The third-order valence-corrected chi connectivity index (χ3v) is 6.24. The van der Waals surface area contributed by atoms with Crippen LogP contribution in [0.4, 0.5) is 4.39 Å². The van der Waals surface area contributed by atoms with Gasteiger partial charge in [0.2, 0.25) is 10.0 Å². The molecule has 3 rings (SSSR count). The monoisotopic (exact) mass is 359 g/mol. The highest BCUT2D eigenvalue weighted by Crippen LogP contribution is 2.33. The number of ether oxygens (including phenoxy) is 3. The first-order chi connectivity index (χ1) is 11.5. The minimum absolute atomic E-state index is 0.0538. The number of hydrogen-bond donors (Lipinski definition) is 0. The molecule has 0 aromatic heterocycles. The van der Waals surface area contributed by atoms with E-state index in [1.165, 1.54) is 16.4 Å². The summed E-state index contributed by atoms with van der Waals surface area (Å²) < 4.78 is 57.3. The van der Waals surface area contributed by atoms with Crippen LogP contribution in [-0.4, -0.2) is 51.4 Å². The predicted octanol–water partition coefficient (Wildman–Crippen LogP) is 2.14. The third-order valence-electron chi connectivity index (χ3n) is 4.34. The van der Waals surface area contributed by atoms with Crippen molar-refractivity contribution in [3.8, 4) is 5.75 Å². The van der Waals surface area contributed by atoms with Gasteiger partial charge < -0.3 is 14.2 Å². The minimum atomic E-state index is -3.74. The quantitative estimate of drug-likeness (QED) is 0.824. The second-order valence-electron chi connectivity index (χ2n) is 5.89. The Balaban J connectivity index is 1.73. The van der Waals surface area contributed by atoms with Crippen LogP contribution in [0.5, 0.6) is 5.75 Å². The fraction of sp³-hybridized carbons (Fsp3) is 0.625. The predicted molar refractivity (Wildman–Crippen MR) is 84.8 cm³/mol. The van der Waals surface area contributed by atoms with Crippen molar-refractivity contribution >= 4 is 10.0 Å². The van der Waals surface area contributed by atoms with E-state index in [-0.39, 0.29) is 23.7 Å². The Morgan fingerprint density at radius 3 is 2.50 bits per heavy atom. The number of nitrogens with zero attached hydrogens (tertiary/aromatic N) is 1. The maximum atomic E-state index is 14.0. The lowest BCUT2D eigenvalue weighted by Gasteiger charge is -2.42. The van der Waals surface area contributed by atoms with Crippen LogP contribution in [0.25, 0.3) is 0 Å². The van der Waals surface area contributed by atoms with Gasteiger partial charge in [0.25, 0.3) is 0 Å². The molecule has 0 bridgehead atoms. The van der Waals surface area contributed by atoms with Crippen LogP contribution >= 0.6 is 0 Å². The van der Waals surface area contributed by atoms with E-state index in [1.54, 1.807) is 6.92 Å². The second kappa shape index (κ2) is 6.95. The molecule has 0 amide bonds. The van der Waals surface area contributed by atoms with Crippen molar-refractivity contribution < 1.29 is 27.0 Å². The first-order valence-electron chi connectivity index (χ1n) is 8.17. The van der Waals surface area contributed by atoms with Gasteiger partial charge in [-0.15, -0.1) is 0 Å². The Kier molecular flexibility index (Phi) is 5.10. The first-order valence-corrected chi connectivity index (χ1v) is 9.61. The zero-order chi connectivity index (χ0) is 17.2. The SMILES string of the molecule is CCOc1ccc(S(=O)(=O)N2CCC3(CC2)OCCCO3)cc1F. The molecule has 2 aliphatic heterocycles. The van der Waals surface area contributed by atoms with Crippen molar-refractivity contribution in [3.05, 3.63) is 24.0 Å². The number of benzene rings is 1. The Labute approximate surface area is 141 Å². The van der Waals surface area contributed by atoms with Crippen LogP contribution < -0.4 is 4.74 Å². The van der Waals surface area contributed by atoms with Gasteiger partial charge in [0.1, 0.15) is 0 Å². The summed E-state index contributed by atoms with van der Waals surface area (Å²) in [6, 6.07) is 3.74. The Morgan fingerprint density at radius 2 is 1.92 bits per heavy atom. The number of rotatable bonds is 4. The number of piperidine rings is 1. The standard InChI is InChI=1S/C16H22FNO5S/c1-2-21-15-5-4-13(12-14(15)17)24(19,20)18-8-6-16(7-9-18)22-10-3-11-23-16/h4-5,12H,2-3,6-11H2,1H3. The molecule has 0 N–H and O–H groups in total. The highest BCUT2D eigenvalue weighted by atomic mass is 32.2. The third kappa shape index (κ3) is 3.42. The molecule has 6 nitrogen and oxygen atoms in total. The molecule has 0 unspecified atom stereocenters. The minimum Gasteiger partial charge on any atom is -0.491 e. The van der Waals surface area contributed by atoms with Gasteiger partial charge in [0.15, 0.2) is 17.4 Å². The van der Waals surface area contributed by atoms with Gasteiger partial charge in [-0.05, 0) is 31.5 Å². The van der Waals surface area contributed by atoms with E-state index >= 15 is 0 Å². The topological polar surface area (TPSA) is 65.1 Å². The van der Waals surface area contributed by atoms with Crippen LogP contribution in [0.3, 0.4) is 0 Å². The van der Waals surface area contributed by atoms with Gasteiger partial charge in [0.05, 0.1) is 24.7 Å². The Morgan fingerprint density at radius 1 is 1.25 bits per heavy atom. The normalized spacial score (nSPS) is 21.8. The fourth-order valence-corrected chi connectivity index (χ4v) is 4.49. The fourth-order valence-electron chi connectivity index (χ4n) is 3.04. The van der Waals surface area contributed by atoms with E-state index < -0.39 is 21.6 Å². The van der Waals surface area contributed by atoms with Crippen molar-refractivity contribution in [2.24, 2.45) is 0 Å². The van der Waals surface area contributed by atoms with Gasteiger partial charge in [0, 0.05) is 25.9 Å². The van der Waals surface area contributed by atoms with E-state index in [1.807, 2.05) is 0 Å². The van der Waals surface area contributed by atoms with Gasteiger partial charge in [-0.1, -0.05) is 0 Å². The average molecular weight is 359 g/mol. The molecular weight excluding hydrogens is 337 g/mol. The lowest BCUT2D eigenvalue weighted by Crippen LogP contribution is -2.51. The van der Waals surface area contributed by atoms with Crippen molar-refractivity contribution in [2.75, 3.05) is 32.9 Å². The Bertz CT molecular complexity index is 678. The molecule has 8 heteroatoms. The lowest BCUT2D eigenvalue weighted by molar-refractivity contribution is -0.280. The number of sulfonamides is 1. The largest absolute Gasteiger partial charge is 0.491 e. The maximum absolute atomic E-state index is 14.0. The summed E-state index contributed by atoms with van der Waals surface area (Å²) in [5.74, 6) is -1.28. The highest BCUT2D eigenvalue weighted by Gasteiger charge is 2.41. The summed E-state index contributed by atoms with van der Waals surface area (Å²) in [7, 11) is -3.74. The van der Waals surface area contributed by atoms with Crippen LogP contribution in [0.2, 0.25) is 0 Å². The molecular formula is C16H22FNO5S. The smallest absolute Gasteiger partial charge is 0.243 e. The highest BCUT2D eigenvalue weighted by molar-refractivity contribution is 7.89. The summed E-state index contributed by atoms with van der Waals surface area (Å²) in [5, 5.41) is 0. The van der Waals surface area contributed by atoms with E-state index in [9.17, 15) is 12.8 Å². The number of halogens is 1. The first kappa shape index (κ1) is 17.6. The summed E-state index contributed by atoms with van der Waals surface area (Å²) >= 11 is 0. The van der Waals surface area contributed by atoms with Gasteiger partial charge in [-0.25, -0.2) is 12.8 Å². The van der Waals surface area contributed by atoms with E-state index in [0.29, 0.717) is 32.7 Å². The van der Waals surface area contributed by atoms with Gasteiger partial charge >= 0.3 is 0 Å².